The van der Waals surface area contributed by atoms with Crippen molar-refractivity contribution < 1.29 is 4.39 Å². The molecule has 1 saturated heterocycles. The van der Waals surface area contributed by atoms with Crippen LogP contribution < -0.4 is 10.2 Å². The van der Waals surface area contributed by atoms with E-state index < -0.39 is 0 Å². The van der Waals surface area contributed by atoms with Gasteiger partial charge in [0.15, 0.2) is 0 Å². The molecule has 1 atom stereocenters. The highest BCUT2D eigenvalue weighted by Gasteiger charge is 2.53. The van der Waals surface area contributed by atoms with Crippen LogP contribution in [0, 0.1) is 17.2 Å². The summed E-state index contributed by atoms with van der Waals surface area (Å²) in [6.07, 6.45) is 4.03. The number of anilines is 1. The molecule has 1 unspecified atom stereocenters. The molecule has 2 aliphatic rings. The van der Waals surface area contributed by atoms with Gasteiger partial charge >= 0.3 is 0 Å². The van der Waals surface area contributed by atoms with Gasteiger partial charge in [-0.15, -0.1) is 0 Å². The van der Waals surface area contributed by atoms with Crippen molar-refractivity contribution in [2.24, 2.45) is 11.3 Å². The molecule has 2 nitrogen and oxygen atoms in total. The second-order valence-corrected chi connectivity index (χ2v) is 5.87. The summed E-state index contributed by atoms with van der Waals surface area (Å²) in [5, 5.41) is 3.44. The van der Waals surface area contributed by atoms with E-state index in [2.05, 4.69) is 17.3 Å². The van der Waals surface area contributed by atoms with Gasteiger partial charge in [0, 0.05) is 19.3 Å². The number of nitrogens with zero attached hydrogens (tertiary/aromatic N) is 1. The zero-order valence-corrected chi connectivity index (χ0v) is 11.0. The molecule has 0 aromatic heterocycles. The summed E-state index contributed by atoms with van der Waals surface area (Å²) in [6, 6.07) is 6.82. The highest BCUT2D eigenvalue weighted by atomic mass is 19.1. The van der Waals surface area contributed by atoms with Gasteiger partial charge < -0.3 is 10.2 Å². The lowest BCUT2D eigenvalue weighted by atomic mass is 9.92. The molecule has 0 radical (unpaired) electrons. The third-order valence-electron chi connectivity index (χ3n) is 4.72. The van der Waals surface area contributed by atoms with Gasteiger partial charge in [-0.1, -0.05) is 0 Å². The third-order valence-corrected chi connectivity index (χ3v) is 4.72. The Bertz CT molecular complexity index is 409. The van der Waals surface area contributed by atoms with Crippen LogP contribution in [0.15, 0.2) is 24.3 Å². The van der Waals surface area contributed by atoms with Crippen molar-refractivity contribution in [3.63, 3.8) is 0 Å². The Morgan fingerprint density at radius 2 is 1.94 bits per heavy atom. The average Bonchev–Trinajstić information content (AvgIpc) is 3.02. The minimum Gasteiger partial charge on any atom is -0.374 e. The molecule has 1 saturated carbocycles. The average molecular weight is 248 g/mol. The minimum absolute atomic E-state index is 0.159. The van der Waals surface area contributed by atoms with Gasteiger partial charge in [-0.05, 0) is 68.0 Å². The van der Waals surface area contributed by atoms with Crippen molar-refractivity contribution in [3.8, 4) is 0 Å². The molecule has 1 spiro atoms. The van der Waals surface area contributed by atoms with Crippen LogP contribution in [0.5, 0.6) is 0 Å². The van der Waals surface area contributed by atoms with Crippen LogP contribution in [0.25, 0.3) is 0 Å². The molecule has 3 heteroatoms. The van der Waals surface area contributed by atoms with Crippen LogP contribution >= 0.6 is 0 Å². The highest BCUT2D eigenvalue weighted by molar-refractivity contribution is 5.45. The Morgan fingerprint density at radius 3 is 2.61 bits per heavy atom. The molecule has 98 valence electrons. The fourth-order valence-electron chi connectivity index (χ4n) is 3.36. The van der Waals surface area contributed by atoms with Crippen LogP contribution in [0.2, 0.25) is 0 Å². The first kappa shape index (κ1) is 12.0. The van der Waals surface area contributed by atoms with Gasteiger partial charge in [0.1, 0.15) is 5.82 Å². The summed E-state index contributed by atoms with van der Waals surface area (Å²) in [5.41, 5.74) is 1.74. The molecule has 3 rings (SSSR count). The topological polar surface area (TPSA) is 15.3 Å². The number of nitrogens with one attached hydrogen (secondary N) is 1. The van der Waals surface area contributed by atoms with Crippen molar-refractivity contribution in [3.05, 3.63) is 30.1 Å². The lowest BCUT2D eigenvalue weighted by Gasteiger charge is -2.26. The molecular weight excluding hydrogens is 227 g/mol. The molecular formula is C15H21FN2. The monoisotopic (exact) mass is 248 g/mol. The molecule has 1 aromatic carbocycles. The van der Waals surface area contributed by atoms with E-state index in [1.165, 1.54) is 32.4 Å². The van der Waals surface area contributed by atoms with Gasteiger partial charge in [0.2, 0.25) is 0 Å². The normalized spacial score (nSPS) is 25.1. The van der Waals surface area contributed by atoms with Crippen LogP contribution in [0.4, 0.5) is 10.1 Å². The van der Waals surface area contributed by atoms with Crippen LogP contribution in [0.1, 0.15) is 19.3 Å². The molecule has 1 heterocycles. The van der Waals surface area contributed by atoms with E-state index in [-0.39, 0.29) is 5.82 Å². The quantitative estimate of drug-likeness (QED) is 0.884. The number of halogens is 1. The fourth-order valence-corrected chi connectivity index (χ4v) is 3.36. The van der Waals surface area contributed by atoms with Gasteiger partial charge in [-0.3, -0.25) is 0 Å². The fraction of sp³-hybridized carbons (Fsp3) is 0.600. The van der Waals surface area contributed by atoms with Gasteiger partial charge in [-0.25, -0.2) is 4.39 Å². The van der Waals surface area contributed by atoms with Crippen LogP contribution in [-0.4, -0.2) is 26.7 Å². The molecule has 0 amide bonds. The van der Waals surface area contributed by atoms with E-state index in [1.54, 1.807) is 12.1 Å². The maximum atomic E-state index is 12.9. The Labute approximate surface area is 108 Å². The van der Waals surface area contributed by atoms with Crippen LogP contribution in [0.3, 0.4) is 0 Å². The lowest BCUT2D eigenvalue weighted by molar-refractivity contribution is 0.324. The van der Waals surface area contributed by atoms with E-state index >= 15 is 0 Å². The van der Waals surface area contributed by atoms with Crippen molar-refractivity contribution in [1.29, 1.82) is 0 Å². The summed E-state index contributed by atoms with van der Waals surface area (Å²) >= 11 is 0. The summed E-state index contributed by atoms with van der Waals surface area (Å²) in [4.78, 5) is 2.26. The maximum Gasteiger partial charge on any atom is 0.123 e. The van der Waals surface area contributed by atoms with E-state index in [9.17, 15) is 4.39 Å². The second kappa shape index (κ2) is 4.54. The summed E-state index contributed by atoms with van der Waals surface area (Å²) in [5.74, 6) is 0.669. The zero-order chi connectivity index (χ0) is 12.6. The van der Waals surface area contributed by atoms with Gasteiger partial charge in [0.05, 0.1) is 0 Å². The third kappa shape index (κ3) is 2.24. The molecule has 0 bridgehead atoms. The number of hydrogen-bond acceptors (Lipinski definition) is 2. The Morgan fingerprint density at radius 1 is 1.28 bits per heavy atom. The highest BCUT2D eigenvalue weighted by Crippen LogP contribution is 2.58. The molecule has 1 N–H and O–H groups in total. The number of hydrogen-bond donors (Lipinski definition) is 1. The Kier molecular flexibility index (Phi) is 3.02. The van der Waals surface area contributed by atoms with Crippen molar-refractivity contribution >= 4 is 5.69 Å². The van der Waals surface area contributed by atoms with E-state index in [4.69, 9.17) is 0 Å². The molecule has 1 aliphatic heterocycles. The summed E-state index contributed by atoms with van der Waals surface area (Å²) in [6.45, 7) is 3.46. The Balaban J connectivity index is 1.59. The molecule has 2 fully saturated rings. The van der Waals surface area contributed by atoms with E-state index in [1.807, 2.05) is 12.1 Å². The SMILES string of the molecule is CN(CC1CC12CCNCC2)c1ccc(F)cc1. The number of rotatable bonds is 3. The lowest BCUT2D eigenvalue weighted by Crippen LogP contribution is -2.31. The first-order valence-electron chi connectivity index (χ1n) is 6.87. The van der Waals surface area contributed by atoms with E-state index in [0.29, 0.717) is 5.41 Å². The standard InChI is InChI=1S/C15H21FN2/c1-18(14-4-2-13(16)3-5-14)11-12-10-15(12)6-8-17-9-7-15/h2-5,12,17H,6-11H2,1H3. The first-order valence-corrected chi connectivity index (χ1v) is 6.87. The molecule has 1 aromatic rings. The number of piperidine rings is 1. The van der Waals surface area contributed by atoms with Crippen molar-refractivity contribution in [2.75, 3.05) is 31.6 Å². The van der Waals surface area contributed by atoms with Gasteiger partial charge in [0.25, 0.3) is 0 Å². The predicted molar refractivity (Wildman–Crippen MR) is 72.3 cm³/mol. The smallest absolute Gasteiger partial charge is 0.123 e. The summed E-state index contributed by atoms with van der Waals surface area (Å²) in [7, 11) is 2.11. The van der Waals surface area contributed by atoms with E-state index in [0.717, 1.165) is 18.2 Å². The zero-order valence-electron chi connectivity index (χ0n) is 11.0. The number of benzene rings is 1. The minimum atomic E-state index is -0.159. The largest absolute Gasteiger partial charge is 0.374 e. The van der Waals surface area contributed by atoms with Crippen molar-refractivity contribution in [1.82, 2.24) is 5.32 Å². The first-order chi connectivity index (χ1) is 8.70. The maximum absolute atomic E-state index is 12.9. The van der Waals surface area contributed by atoms with Gasteiger partial charge in [-0.2, -0.15) is 0 Å². The summed E-state index contributed by atoms with van der Waals surface area (Å²) < 4.78 is 12.9. The second-order valence-electron chi connectivity index (χ2n) is 5.87. The Hall–Kier alpha value is -1.09. The van der Waals surface area contributed by atoms with Crippen molar-refractivity contribution in [2.45, 2.75) is 19.3 Å². The molecule has 18 heavy (non-hydrogen) atoms. The molecule has 1 aliphatic carbocycles. The van der Waals surface area contributed by atoms with Crippen LogP contribution in [-0.2, 0) is 0 Å². The predicted octanol–water partition coefficient (Wildman–Crippen LogP) is 2.65.